The summed E-state index contributed by atoms with van der Waals surface area (Å²) in [6.45, 7) is 2.08. The molecule has 4 heteroatoms. The van der Waals surface area contributed by atoms with E-state index < -0.39 is 0 Å². The first-order valence-corrected chi connectivity index (χ1v) is 4.81. The van der Waals surface area contributed by atoms with Crippen molar-refractivity contribution < 1.29 is 0 Å². The van der Waals surface area contributed by atoms with Crippen LogP contribution < -0.4 is 10.6 Å². The van der Waals surface area contributed by atoms with Gasteiger partial charge in [0, 0.05) is 31.5 Å². The first-order valence-electron chi connectivity index (χ1n) is 4.81. The molecular weight excluding hydrogens is 210 g/mol. The molecule has 0 bridgehead atoms. The molecule has 15 heavy (non-hydrogen) atoms. The first kappa shape index (κ1) is 14.1. The number of nitrogens with two attached hydrogens (primary N) is 1. The summed E-state index contributed by atoms with van der Waals surface area (Å²) in [5, 5.41) is 0. The van der Waals surface area contributed by atoms with E-state index in [4.69, 9.17) is 5.73 Å². The Bertz CT molecular complexity index is 272. The van der Waals surface area contributed by atoms with E-state index in [9.17, 15) is 0 Å². The highest BCUT2D eigenvalue weighted by atomic mass is 35.5. The van der Waals surface area contributed by atoms with Gasteiger partial charge in [0.05, 0.1) is 0 Å². The Labute approximate surface area is 98.3 Å². The average molecular weight is 230 g/mol. The van der Waals surface area contributed by atoms with E-state index >= 15 is 0 Å². The van der Waals surface area contributed by atoms with Gasteiger partial charge in [-0.2, -0.15) is 0 Å². The van der Waals surface area contributed by atoms with Crippen molar-refractivity contribution in [1.82, 2.24) is 4.90 Å². The molecule has 0 aliphatic rings. The third-order valence-electron chi connectivity index (χ3n) is 2.22. The molecule has 0 atom stereocenters. The fourth-order valence-corrected chi connectivity index (χ4v) is 1.21. The monoisotopic (exact) mass is 229 g/mol. The molecule has 0 saturated carbocycles. The van der Waals surface area contributed by atoms with Crippen LogP contribution in [-0.4, -0.2) is 39.1 Å². The van der Waals surface area contributed by atoms with Crippen LogP contribution in [0.4, 0.5) is 11.4 Å². The number of hydrogen-bond acceptors (Lipinski definition) is 3. The SMILES string of the molecule is CN(C)CCN(C)c1ccc(N)cc1.Cl. The van der Waals surface area contributed by atoms with Crippen LogP contribution in [0.1, 0.15) is 0 Å². The molecule has 1 aromatic carbocycles. The van der Waals surface area contributed by atoms with Crippen molar-refractivity contribution in [2.75, 3.05) is 44.9 Å². The van der Waals surface area contributed by atoms with Gasteiger partial charge in [-0.15, -0.1) is 12.4 Å². The van der Waals surface area contributed by atoms with Gasteiger partial charge in [-0.3, -0.25) is 0 Å². The van der Waals surface area contributed by atoms with Crippen LogP contribution >= 0.6 is 12.4 Å². The lowest BCUT2D eigenvalue weighted by atomic mass is 10.2. The molecule has 0 spiro atoms. The molecule has 0 aliphatic carbocycles. The molecule has 0 saturated heterocycles. The summed E-state index contributed by atoms with van der Waals surface area (Å²) in [4.78, 5) is 4.40. The first-order chi connectivity index (χ1) is 6.59. The molecule has 1 rings (SSSR count). The zero-order valence-corrected chi connectivity index (χ0v) is 10.4. The molecule has 3 nitrogen and oxygen atoms in total. The van der Waals surface area contributed by atoms with Crippen LogP contribution in [-0.2, 0) is 0 Å². The fourth-order valence-electron chi connectivity index (χ4n) is 1.21. The number of hydrogen-bond donors (Lipinski definition) is 1. The van der Waals surface area contributed by atoms with Crippen LogP contribution in [0.25, 0.3) is 0 Å². The van der Waals surface area contributed by atoms with Crippen LogP contribution in [0.3, 0.4) is 0 Å². The normalized spacial score (nSPS) is 9.87. The van der Waals surface area contributed by atoms with E-state index in [1.165, 1.54) is 5.69 Å². The summed E-state index contributed by atoms with van der Waals surface area (Å²) in [6.07, 6.45) is 0. The minimum Gasteiger partial charge on any atom is -0.399 e. The lowest BCUT2D eigenvalue weighted by molar-refractivity contribution is 0.416. The van der Waals surface area contributed by atoms with Crippen LogP contribution in [0.2, 0.25) is 0 Å². The summed E-state index contributed by atoms with van der Waals surface area (Å²) >= 11 is 0. The smallest absolute Gasteiger partial charge is 0.0365 e. The Morgan fingerprint density at radius 1 is 1.00 bits per heavy atom. The van der Waals surface area contributed by atoms with Gasteiger partial charge in [0.1, 0.15) is 0 Å². The third-order valence-corrected chi connectivity index (χ3v) is 2.22. The van der Waals surface area contributed by atoms with Crippen LogP contribution in [0.5, 0.6) is 0 Å². The molecule has 0 aliphatic heterocycles. The van der Waals surface area contributed by atoms with E-state index in [0.29, 0.717) is 0 Å². The summed E-state index contributed by atoms with van der Waals surface area (Å²) in [6, 6.07) is 7.96. The lowest BCUT2D eigenvalue weighted by Crippen LogP contribution is -2.28. The van der Waals surface area contributed by atoms with Crippen molar-refractivity contribution in [2.24, 2.45) is 0 Å². The standard InChI is InChI=1S/C11H19N3.ClH/c1-13(2)8-9-14(3)11-6-4-10(12)5-7-11;/h4-7H,8-9,12H2,1-3H3;1H. The van der Waals surface area contributed by atoms with Gasteiger partial charge in [-0.05, 0) is 38.4 Å². The highest BCUT2D eigenvalue weighted by Gasteiger charge is 2.00. The summed E-state index contributed by atoms with van der Waals surface area (Å²) in [5.74, 6) is 0. The van der Waals surface area contributed by atoms with Gasteiger partial charge in [0.25, 0.3) is 0 Å². The van der Waals surface area contributed by atoms with Gasteiger partial charge in [-0.1, -0.05) is 0 Å². The Morgan fingerprint density at radius 3 is 2.00 bits per heavy atom. The molecule has 2 N–H and O–H groups in total. The highest BCUT2D eigenvalue weighted by Crippen LogP contribution is 2.14. The number of benzene rings is 1. The second-order valence-corrected chi connectivity index (χ2v) is 3.82. The van der Waals surface area contributed by atoms with Gasteiger partial charge in [0.15, 0.2) is 0 Å². The number of nitrogens with zero attached hydrogens (tertiary/aromatic N) is 2. The maximum absolute atomic E-state index is 5.62. The Balaban J connectivity index is 0.00000196. The fraction of sp³-hybridized carbons (Fsp3) is 0.455. The predicted octanol–water partition coefficient (Wildman–Crippen LogP) is 1.69. The maximum Gasteiger partial charge on any atom is 0.0365 e. The Kier molecular flexibility index (Phi) is 6.13. The zero-order chi connectivity index (χ0) is 10.6. The lowest BCUT2D eigenvalue weighted by Gasteiger charge is -2.21. The van der Waals surface area contributed by atoms with Crippen molar-refractivity contribution in [2.45, 2.75) is 0 Å². The molecule has 1 aromatic rings. The minimum atomic E-state index is 0. The van der Waals surface area contributed by atoms with E-state index in [1.54, 1.807) is 0 Å². The van der Waals surface area contributed by atoms with Gasteiger partial charge in [0.2, 0.25) is 0 Å². The van der Waals surface area contributed by atoms with Crippen molar-refractivity contribution in [3.63, 3.8) is 0 Å². The molecule has 86 valence electrons. The second-order valence-electron chi connectivity index (χ2n) is 3.82. The average Bonchev–Trinajstić information content (AvgIpc) is 2.15. The number of halogens is 1. The summed E-state index contributed by atoms with van der Waals surface area (Å²) in [5.41, 5.74) is 7.65. The van der Waals surface area contributed by atoms with E-state index in [-0.39, 0.29) is 12.4 Å². The number of nitrogen functional groups attached to an aromatic ring is 1. The quantitative estimate of drug-likeness (QED) is 0.798. The molecule has 0 heterocycles. The second kappa shape index (κ2) is 6.53. The van der Waals surface area contributed by atoms with E-state index in [0.717, 1.165) is 18.8 Å². The molecule has 0 unspecified atom stereocenters. The zero-order valence-electron chi connectivity index (χ0n) is 9.60. The van der Waals surface area contributed by atoms with Crippen molar-refractivity contribution in [3.05, 3.63) is 24.3 Å². The minimum absolute atomic E-state index is 0. The van der Waals surface area contributed by atoms with Crippen molar-refractivity contribution in [1.29, 1.82) is 0 Å². The van der Waals surface area contributed by atoms with Gasteiger partial charge < -0.3 is 15.5 Å². The van der Waals surface area contributed by atoms with Crippen LogP contribution in [0, 0.1) is 0 Å². The topological polar surface area (TPSA) is 32.5 Å². The van der Waals surface area contributed by atoms with Gasteiger partial charge in [-0.25, -0.2) is 0 Å². The summed E-state index contributed by atoms with van der Waals surface area (Å²) in [7, 11) is 6.25. The van der Waals surface area contributed by atoms with E-state index in [2.05, 4.69) is 30.9 Å². The molecule has 0 radical (unpaired) electrons. The number of anilines is 2. The van der Waals surface area contributed by atoms with Crippen molar-refractivity contribution >= 4 is 23.8 Å². The summed E-state index contributed by atoms with van der Waals surface area (Å²) < 4.78 is 0. The Morgan fingerprint density at radius 2 is 1.53 bits per heavy atom. The predicted molar refractivity (Wildman–Crippen MR) is 69.9 cm³/mol. The largest absolute Gasteiger partial charge is 0.399 e. The molecular formula is C11H20ClN3. The third kappa shape index (κ3) is 4.91. The maximum atomic E-state index is 5.62. The molecule has 0 amide bonds. The van der Waals surface area contributed by atoms with Crippen LogP contribution in [0.15, 0.2) is 24.3 Å². The molecule has 0 fully saturated rings. The Hall–Kier alpha value is -0.930. The van der Waals surface area contributed by atoms with E-state index in [1.807, 2.05) is 24.3 Å². The molecule has 0 aromatic heterocycles. The highest BCUT2D eigenvalue weighted by molar-refractivity contribution is 5.85. The number of rotatable bonds is 4. The van der Waals surface area contributed by atoms with Gasteiger partial charge >= 0.3 is 0 Å². The van der Waals surface area contributed by atoms with Crippen molar-refractivity contribution in [3.8, 4) is 0 Å². The number of likely N-dealkylation sites (N-methyl/N-ethyl adjacent to an activating group) is 2.